The van der Waals surface area contributed by atoms with E-state index in [1.54, 1.807) is 18.7 Å². The van der Waals surface area contributed by atoms with Gasteiger partial charge < -0.3 is 9.84 Å². The number of para-hydroxylation sites is 1. The van der Waals surface area contributed by atoms with Crippen LogP contribution in [0, 0.1) is 0 Å². The van der Waals surface area contributed by atoms with Crippen molar-refractivity contribution in [3.8, 4) is 5.75 Å². The number of thioether (sulfide) groups is 1. The summed E-state index contributed by atoms with van der Waals surface area (Å²) in [6.07, 6.45) is 0.852. The summed E-state index contributed by atoms with van der Waals surface area (Å²) in [5.41, 5.74) is 2.27. The highest BCUT2D eigenvalue weighted by atomic mass is 32.2. The number of aliphatic hydroxyl groups is 1. The topological polar surface area (TPSA) is 29.5 Å². The third-order valence-electron chi connectivity index (χ3n) is 3.51. The average molecular weight is 286 g/mol. The predicted molar refractivity (Wildman–Crippen MR) is 82.4 cm³/mol. The minimum Gasteiger partial charge on any atom is -0.489 e. The Labute approximate surface area is 123 Å². The lowest BCUT2D eigenvalue weighted by Crippen LogP contribution is -2.15. The Morgan fingerprint density at radius 3 is 2.65 bits per heavy atom. The minimum absolute atomic E-state index is 0.258. The summed E-state index contributed by atoms with van der Waals surface area (Å²) in [4.78, 5) is 1.22. The number of rotatable bonds is 4. The van der Waals surface area contributed by atoms with Crippen molar-refractivity contribution in [2.45, 2.75) is 30.4 Å². The van der Waals surface area contributed by atoms with Gasteiger partial charge in [-0.25, -0.2) is 0 Å². The van der Waals surface area contributed by atoms with Crippen molar-refractivity contribution in [1.29, 1.82) is 0 Å². The molecule has 2 aromatic rings. The lowest BCUT2D eigenvalue weighted by atomic mass is 10.1. The third-order valence-corrected chi connectivity index (χ3v) is 4.66. The molecule has 0 fully saturated rings. The van der Waals surface area contributed by atoms with Crippen molar-refractivity contribution < 1.29 is 9.84 Å². The molecule has 2 aromatic carbocycles. The molecule has 104 valence electrons. The van der Waals surface area contributed by atoms with E-state index >= 15 is 0 Å². The van der Waals surface area contributed by atoms with Gasteiger partial charge in [-0.1, -0.05) is 30.3 Å². The zero-order chi connectivity index (χ0) is 13.9. The van der Waals surface area contributed by atoms with Gasteiger partial charge in [-0.2, -0.15) is 0 Å². The summed E-state index contributed by atoms with van der Waals surface area (Å²) >= 11 is 1.80. The van der Waals surface area contributed by atoms with E-state index in [0.717, 1.165) is 23.5 Å². The van der Waals surface area contributed by atoms with Gasteiger partial charge in [0.15, 0.2) is 0 Å². The molecular formula is C17H18O2S. The van der Waals surface area contributed by atoms with Crippen LogP contribution in [-0.2, 0) is 6.42 Å². The monoisotopic (exact) mass is 286 g/mol. The lowest BCUT2D eigenvalue weighted by molar-refractivity contribution is 0.199. The Balaban J connectivity index is 1.56. The van der Waals surface area contributed by atoms with Crippen LogP contribution in [0.25, 0.3) is 0 Å². The van der Waals surface area contributed by atoms with Gasteiger partial charge in [-0.3, -0.25) is 0 Å². The number of aliphatic hydroxyl groups excluding tert-OH is 1. The van der Waals surface area contributed by atoms with Gasteiger partial charge in [-0.05, 0) is 36.2 Å². The Bertz CT molecular complexity index is 553. The highest BCUT2D eigenvalue weighted by Crippen LogP contribution is 2.31. The van der Waals surface area contributed by atoms with Crippen LogP contribution in [0.2, 0.25) is 0 Å². The summed E-state index contributed by atoms with van der Waals surface area (Å²) in [5.74, 6) is 1.98. The second kappa shape index (κ2) is 5.90. The first-order valence-electron chi connectivity index (χ1n) is 6.88. The molecule has 3 rings (SSSR count). The fourth-order valence-electron chi connectivity index (χ4n) is 2.38. The second-order valence-corrected chi connectivity index (χ2v) is 6.20. The van der Waals surface area contributed by atoms with E-state index in [9.17, 15) is 5.11 Å². The van der Waals surface area contributed by atoms with Gasteiger partial charge in [0.05, 0.1) is 6.10 Å². The Morgan fingerprint density at radius 2 is 1.95 bits per heavy atom. The molecule has 20 heavy (non-hydrogen) atoms. The fourth-order valence-corrected chi connectivity index (χ4v) is 3.27. The molecular weight excluding hydrogens is 268 g/mol. The van der Waals surface area contributed by atoms with Crippen LogP contribution in [-0.4, -0.2) is 17.0 Å². The molecule has 0 radical (unpaired) electrons. The molecule has 0 saturated heterocycles. The molecule has 1 aliphatic heterocycles. The molecule has 1 heterocycles. The number of hydrogen-bond donors (Lipinski definition) is 1. The van der Waals surface area contributed by atoms with E-state index in [1.807, 2.05) is 24.3 Å². The zero-order valence-electron chi connectivity index (χ0n) is 11.5. The molecule has 0 aliphatic carbocycles. The van der Waals surface area contributed by atoms with Gasteiger partial charge in [-0.15, -0.1) is 11.8 Å². The number of benzene rings is 2. The molecule has 0 bridgehead atoms. The second-order valence-electron chi connectivity index (χ2n) is 5.11. The van der Waals surface area contributed by atoms with Gasteiger partial charge in [0.2, 0.25) is 0 Å². The Kier molecular flexibility index (Phi) is 3.99. The number of hydrogen-bond acceptors (Lipinski definition) is 3. The van der Waals surface area contributed by atoms with Crippen LogP contribution in [0.1, 0.15) is 24.2 Å². The fraction of sp³-hybridized carbons (Fsp3) is 0.294. The van der Waals surface area contributed by atoms with E-state index in [4.69, 9.17) is 4.74 Å². The van der Waals surface area contributed by atoms with Crippen LogP contribution in [0.3, 0.4) is 0 Å². The highest BCUT2D eigenvalue weighted by Gasteiger charge is 2.22. The normalized spacial score (nSPS) is 18.4. The summed E-state index contributed by atoms with van der Waals surface area (Å²) in [6.45, 7) is 1.78. The van der Waals surface area contributed by atoms with Crippen molar-refractivity contribution in [3.63, 3.8) is 0 Å². The van der Waals surface area contributed by atoms with E-state index < -0.39 is 6.10 Å². The number of fused-ring (bicyclic) bond motifs is 1. The molecule has 2 nitrogen and oxygen atoms in total. The third kappa shape index (κ3) is 3.00. The first kappa shape index (κ1) is 13.5. The molecule has 1 N–H and O–H groups in total. The van der Waals surface area contributed by atoms with Crippen LogP contribution in [0.15, 0.2) is 53.4 Å². The van der Waals surface area contributed by atoms with Crippen molar-refractivity contribution in [2.24, 2.45) is 0 Å². The van der Waals surface area contributed by atoms with Crippen LogP contribution in [0.4, 0.5) is 0 Å². The maximum Gasteiger partial charge on any atom is 0.123 e. The SMILES string of the molecule is CC(O)c1ccc(SCC2Cc3ccccc3O2)cc1. The first-order valence-corrected chi connectivity index (χ1v) is 7.86. The highest BCUT2D eigenvalue weighted by molar-refractivity contribution is 7.99. The Hall–Kier alpha value is -1.45. The van der Waals surface area contributed by atoms with Crippen molar-refractivity contribution in [3.05, 3.63) is 59.7 Å². The van der Waals surface area contributed by atoms with Crippen LogP contribution in [0.5, 0.6) is 5.75 Å². The summed E-state index contributed by atoms with van der Waals surface area (Å²) in [7, 11) is 0. The van der Waals surface area contributed by atoms with Gasteiger partial charge in [0.1, 0.15) is 11.9 Å². The van der Waals surface area contributed by atoms with Gasteiger partial charge in [0.25, 0.3) is 0 Å². The summed E-state index contributed by atoms with van der Waals surface area (Å²) in [5, 5.41) is 9.49. The van der Waals surface area contributed by atoms with E-state index in [-0.39, 0.29) is 6.10 Å². The lowest BCUT2D eigenvalue weighted by Gasteiger charge is -2.11. The van der Waals surface area contributed by atoms with Gasteiger partial charge >= 0.3 is 0 Å². The molecule has 0 saturated carbocycles. The van der Waals surface area contributed by atoms with E-state index in [1.165, 1.54) is 10.5 Å². The largest absolute Gasteiger partial charge is 0.489 e. The quantitative estimate of drug-likeness (QED) is 0.866. The molecule has 2 atom stereocenters. The van der Waals surface area contributed by atoms with Crippen LogP contribution >= 0.6 is 11.8 Å². The standard InChI is InChI=1S/C17H18O2S/c1-12(18)13-6-8-16(9-7-13)20-11-15-10-14-4-2-3-5-17(14)19-15/h2-9,12,15,18H,10-11H2,1H3. The molecule has 1 aliphatic rings. The van der Waals surface area contributed by atoms with E-state index in [0.29, 0.717) is 0 Å². The summed E-state index contributed by atoms with van der Waals surface area (Å²) in [6, 6.07) is 16.3. The summed E-state index contributed by atoms with van der Waals surface area (Å²) < 4.78 is 5.93. The first-order chi connectivity index (χ1) is 9.72. The van der Waals surface area contributed by atoms with E-state index in [2.05, 4.69) is 24.3 Å². The molecule has 2 unspecified atom stereocenters. The maximum absolute atomic E-state index is 9.49. The van der Waals surface area contributed by atoms with Crippen LogP contribution < -0.4 is 4.74 Å². The number of ether oxygens (including phenoxy) is 1. The van der Waals surface area contributed by atoms with Crippen molar-refractivity contribution in [2.75, 3.05) is 5.75 Å². The Morgan fingerprint density at radius 1 is 1.20 bits per heavy atom. The molecule has 0 spiro atoms. The van der Waals surface area contributed by atoms with Gasteiger partial charge in [0, 0.05) is 17.1 Å². The molecule has 3 heteroatoms. The smallest absolute Gasteiger partial charge is 0.123 e. The minimum atomic E-state index is -0.401. The predicted octanol–water partition coefficient (Wildman–Crippen LogP) is 3.84. The maximum atomic E-state index is 9.49. The van der Waals surface area contributed by atoms with Crippen molar-refractivity contribution >= 4 is 11.8 Å². The molecule has 0 aromatic heterocycles. The zero-order valence-corrected chi connectivity index (χ0v) is 12.3. The average Bonchev–Trinajstić information content (AvgIpc) is 2.88. The molecule has 0 amide bonds. The van der Waals surface area contributed by atoms with Crippen molar-refractivity contribution in [1.82, 2.24) is 0 Å².